The van der Waals surface area contributed by atoms with Crippen molar-refractivity contribution in [1.29, 1.82) is 0 Å². The number of esters is 1. The number of carboxylic acids is 1. The van der Waals surface area contributed by atoms with E-state index in [4.69, 9.17) is 9.84 Å². The molecule has 0 aromatic rings. The molecule has 0 saturated heterocycles. The lowest BCUT2D eigenvalue weighted by molar-refractivity contribution is -0.167. The average molecular weight is 214 g/mol. The number of carbonyl (C=O) groups excluding carboxylic acids is 1. The predicted molar refractivity (Wildman–Crippen MR) is 56.4 cm³/mol. The number of rotatable bonds is 7. The van der Waals surface area contributed by atoms with Gasteiger partial charge in [-0.2, -0.15) is 0 Å². The number of carboxylic acid groups (broad SMARTS) is 1. The summed E-state index contributed by atoms with van der Waals surface area (Å²) in [6.07, 6.45) is 3.29. The summed E-state index contributed by atoms with van der Waals surface area (Å²) in [4.78, 5) is 22.5. The Labute approximate surface area is 89.9 Å². The van der Waals surface area contributed by atoms with Gasteiger partial charge in [-0.15, -0.1) is 6.58 Å². The minimum Gasteiger partial charge on any atom is -0.480 e. The molecule has 0 radical (unpaired) electrons. The second kappa shape index (κ2) is 6.22. The van der Waals surface area contributed by atoms with E-state index < -0.39 is 17.4 Å². The van der Waals surface area contributed by atoms with Crippen molar-refractivity contribution in [3.63, 3.8) is 0 Å². The van der Waals surface area contributed by atoms with Gasteiger partial charge in [0.25, 0.3) is 0 Å². The van der Waals surface area contributed by atoms with Gasteiger partial charge in [0.1, 0.15) is 0 Å². The minimum absolute atomic E-state index is 0.198. The zero-order valence-corrected chi connectivity index (χ0v) is 9.28. The van der Waals surface area contributed by atoms with Crippen LogP contribution in [0.3, 0.4) is 0 Å². The van der Waals surface area contributed by atoms with Crippen LogP contribution in [0.15, 0.2) is 12.7 Å². The van der Waals surface area contributed by atoms with E-state index in [-0.39, 0.29) is 13.0 Å². The van der Waals surface area contributed by atoms with Gasteiger partial charge in [-0.25, -0.2) is 0 Å². The second-order valence-electron chi connectivity index (χ2n) is 3.54. The second-order valence-corrected chi connectivity index (χ2v) is 3.54. The smallest absolute Gasteiger partial charge is 0.323 e. The van der Waals surface area contributed by atoms with E-state index in [0.29, 0.717) is 12.8 Å². The Kier molecular flexibility index (Phi) is 5.67. The van der Waals surface area contributed by atoms with Crippen LogP contribution in [0.2, 0.25) is 0 Å². The standard InChI is InChI=1S/C11H18O4/c1-4-6-7-8-11(3,9(12)13)10(14)15-5-2/h4H,1,5-8H2,2-3H3,(H,12,13). The molecule has 0 fully saturated rings. The van der Waals surface area contributed by atoms with Crippen LogP contribution < -0.4 is 0 Å². The topological polar surface area (TPSA) is 63.6 Å². The molecule has 0 aliphatic heterocycles. The summed E-state index contributed by atoms with van der Waals surface area (Å²) < 4.78 is 4.75. The Bertz CT molecular complexity index is 247. The fraction of sp³-hybridized carbons (Fsp3) is 0.636. The fourth-order valence-electron chi connectivity index (χ4n) is 1.19. The largest absolute Gasteiger partial charge is 0.480 e. The van der Waals surface area contributed by atoms with E-state index in [1.165, 1.54) is 6.92 Å². The highest BCUT2D eigenvalue weighted by molar-refractivity contribution is 5.98. The first kappa shape index (κ1) is 13.7. The third-order valence-corrected chi connectivity index (χ3v) is 2.28. The third-order valence-electron chi connectivity index (χ3n) is 2.28. The van der Waals surface area contributed by atoms with Gasteiger partial charge >= 0.3 is 11.9 Å². The SMILES string of the molecule is C=CCCCC(C)(C(=O)O)C(=O)OCC. The Morgan fingerprint density at radius 3 is 2.53 bits per heavy atom. The summed E-state index contributed by atoms with van der Waals surface area (Å²) in [6, 6.07) is 0. The van der Waals surface area contributed by atoms with Gasteiger partial charge in [-0.05, 0) is 33.1 Å². The molecule has 0 heterocycles. The van der Waals surface area contributed by atoms with Gasteiger partial charge in [0.05, 0.1) is 6.61 Å². The van der Waals surface area contributed by atoms with Crippen LogP contribution in [0, 0.1) is 5.41 Å². The summed E-state index contributed by atoms with van der Waals surface area (Å²) in [5.74, 6) is -1.80. The highest BCUT2D eigenvalue weighted by atomic mass is 16.5. The third kappa shape index (κ3) is 3.73. The van der Waals surface area contributed by atoms with Crippen molar-refractivity contribution in [2.75, 3.05) is 6.61 Å². The number of carbonyl (C=O) groups is 2. The molecule has 1 unspecified atom stereocenters. The minimum atomic E-state index is -1.43. The Morgan fingerprint density at radius 1 is 1.53 bits per heavy atom. The van der Waals surface area contributed by atoms with Gasteiger partial charge in [-0.3, -0.25) is 9.59 Å². The van der Waals surface area contributed by atoms with Gasteiger partial charge < -0.3 is 9.84 Å². The number of unbranched alkanes of at least 4 members (excludes halogenated alkanes) is 1. The van der Waals surface area contributed by atoms with Crippen LogP contribution in [-0.4, -0.2) is 23.7 Å². The maximum Gasteiger partial charge on any atom is 0.323 e. The molecule has 0 rings (SSSR count). The first-order valence-corrected chi connectivity index (χ1v) is 5.00. The molecule has 4 nitrogen and oxygen atoms in total. The summed E-state index contributed by atoms with van der Waals surface area (Å²) in [5, 5.41) is 9.00. The van der Waals surface area contributed by atoms with E-state index in [9.17, 15) is 9.59 Å². The Hall–Kier alpha value is -1.32. The van der Waals surface area contributed by atoms with E-state index in [2.05, 4.69) is 6.58 Å². The molecule has 4 heteroatoms. The maximum absolute atomic E-state index is 11.5. The lowest BCUT2D eigenvalue weighted by Gasteiger charge is -2.21. The molecular formula is C11H18O4. The first-order chi connectivity index (χ1) is 6.99. The predicted octanol–water partition coefficient (Wildman–Crippen LogP) is 2.00. The number of aliphatic carboxylic acids is 1. The van der Waals surface area contributed by atoms with Crippen LogP contribution >= 0.6 is 0 Å². The summed E-state index contributed by atoms with van der Waals surface area (Å²) in [6.45, 7) is 6.80. The van der Waals surface area contributed by atoms with Crippen molar-refractivity contribution >= 4 is 11.9 Å². The van der Waals surface area contributed by atoms with Crippen molar-refractivity contribution in [2.24, 2.45) is 5.41 Å². The van der Waals surface area contributed by atoms with Gasteiger partial charge in [-0.1, -0.05) is 6.08 Å². The molecule has 86 valence electrons. The van der Waals surface area contributed by atoms with E-state index in [1.54, 1.807) is 13.0 Å². The first-order valence-electron chi connectivity index (χ1n) is 5.00. The molecule has 15 heavy (non-hydrogen) atoms. The van der Waals surface area contributed by atoms with Crippen LogP contribution in [-0.2, 0) is 14.3 Å². The number of hydrogen-bond donors (Lipinski definition) is 1. The molecule has 0 amide bonds. The quantitative estimate of drug-likeness (QED) is 0.305. The molecule has 1 N–H and O–H groups in total. The summed E-state index contributed by atoms with van der Waals surface area (Å²) in [5.41, 5.74) is -1.43. The van der Waals surface area contributed by atoms with Crippen molar-refractivity contribution in [3.05, 3.63) is 12.7 Å². The molecule has 1 atom stereocenters. The van der Waals surface area contributed by atoms with Crippen molar-refractivity contribution in [3.8, 4) is 0 Å². The van der Waals surface area contributed by atoms with Crippen LogP contribution in [0.5, 0.6) is 0 Å². The van der Waals surface area contributed by atoms with E-state index in [1.807, 2.05) is 0 Å². The fourth-order valence-corrected chi connectivity index (χ4v) is 1.19. The average Bonchev–Trinajstić information content (AvgIpc) is 2.18. The number of hydrogen-bond acceptors (Lipinski definition) is 3. The lowest BCUT2D eigenvalue weighted by Crippen LogP contribution is -2.37. The highest BCUT2D eigenvalue weighted by Gasteiger charge is 2.42. The van der Waals surface area contributed by atoms with Gasteiger partial charge in [0, 0.05) is 0 Å². The molecule has 0 saturated carbocycles. The Balaban J connectivity index is 4.51. The van der Waals surface area contributed by atoms with Gasteiger partial charge in [0.15, 0.2) is 5.41 Å². The van der Waals surface area contributed by atoms with Gasteiger partial charge in [0.2, 0.25) is 0 Å². The highest BCUT2D eigenvalue weighted by Crippen LogP contribution is 2.26. The zero-order chi connectivity index (χ0) is 11.9. The zero-order valence-electron chi connectivity index (χ0n) is 9.28. The summed E-state index contributed by atoms with van der Waals surface area (Å²) in [7, 11) is 0. The number of ether oxygens (including phenoxy) is 1. The normalized spacial score (nSPS) is 14.0. The summed E-state index contributed by atoms with van der Waals surface area (Å²) >= 11 is 0. The van der Waals surface area contributed by atoms with Crippen molar-refractivity contribution < 1.29 is 19.4 Å². The lowest BCUT2D eigenvalue weighted by atomic mass is 9.85. The number of allylic oxidation sites excluding steroid dienone is 1. The van der Waals surface area contributed by atoms with Crippen molar-refractivity contribution in [2.45, 2.75) is 33.1 Å². The monoisotopic (exact) mass is 214 g/mol. The molecule has 0 spiro atoms. The maximum atomic E-state index is 11.5. The molecular weight excluding hydrogens is 196 g/mol. The Morgan fingerprint density at radius 2 is 2.13 bits per heavy atom. The van der Waals surface area contributed by atoms with Crippen LogP contribution in [0.1, 0.15) is 33.1 Å². The van der Waals surface area contributed by atoms with Crippen LogP contribution in [0.25, 0.3) is 0 Å². The van der Waals surface area contributed by atoms with Crippen molar-refractivity contribution in [1.82, 2.24) is 0 Å². The molecule has 0 aliphatic carbocycles. The van der Waals surface area contributed by atoms with E-state index in [0.717, 1.165) is 0 Å². The van der Waals surface area contributed by atoms with E-state index >= 15 is 0 Å². The van der Waals surface area contributed by atoms with Crippen LogP contribution in [0.4, 0.5) is 0 Å². The molecule has 0 aliphatic rings. The molecule has 0 aromatic heterocycles. The molecule has 0 aromatic carbocycles. The molecule has 0 bridgehead atoms.